The maximum Gasteiger partial charge on any atom is 0.302 e. The van der Waals surface area contributed by atoms with Gasteiger partial charge in [0.05, 0.1) is 11.9 Å². The first-order valence-electron chi connectivity index (χ1n) is 4.12. The van der Waals surface area contributed by atoms with Gasteiger partial charge < -0.3 is 10.1 Å². The van der Waals surface area contributed by atoms with Crippen LogP contribution in [0.25, 0.3) is 0 Å². The Kier molecular flexibility index (Phi) is 3.69. The van der Waals surface area contributed by atoms with Gasteiger partial charge in [0.25, 0.3) is 0 Å². The van der Waals surface area contributed by atoms with E-state index in [1.54, 1.807) is 0 Å². The van der Waals surface area contributed by atoms with Gasteiger partial charge in [0.2, 0.25) is 0 Å². The normalized spacial score (nSPS) is 27.2. The third-order valence-corrected chi connectivity index (χ3v) is 2.21. The summed E-state index contributed by atoms with van der Waals surface area (Å²) in [7, 11) is 0. The zero-order chi connectivity index (χ0) is 9.84. The molecular weight excluding hydrogens is 194 g/mol. The molecule has 0 aromatic heterocycles. The van der Waals surface area contributed by atoms with Crippen LogP contribution in [0, 0.1) is 0 Å². The largest absolute Gasteiger partial charge is 0.461 e. The summed E-state index contributed by atoms with van der Waals surface area (Å²) in [5.74, 6) is -0.355. The fourth-order valence-electron chi connectivity index (χ4n) is 1.37. The summed E-state index contributed by atoms with van der Waals surface area (Å²) in [4.78, 5) is 21.7. The van der Waals surface area contributed by atoms with Crippen LogP contribution in [-0.4, -0.2) is 36.3 Å². The highest BCUT2D eigenvalue weighted by Gasteiger charge is 2.30. The summed E-state index contributed by atoms with van der Waals surface area (Å²) in [5, 5.41) is 2.95. The summed E-state index contributed by atoms with van der Waals surface area (Å²) in [6.45, 7) is 1.89. The van der Waals surface area contributed by atoms with E-state index in [1.807, 2.05) is 0 Å². The van der Waals surface area contributed by atoms with Crippen molar-refractivity contribution in [2.75, 3.05) is 12.4 Å². The van der Waals surface area contributed by atoms with Gasteiger partial charge in [0, 0.05) is 19.9 Å². The Morgan fingerprint density at radius 2 is 2.31 bits per heavy atom. The van der Waals surface area contributed by atoms with Gasteiger partial charge in [0.15, 0.2) is 5.78 Å². The van der Waals surface area contributed by atoms with Crippen molar-refractivity contribution in [2.45, 2.75) is 25.5 Å². The molecule has 0 amide bonds. The highest BCUT2D eigenvalue weighted by atomic mass is 35.5. The predicted octanol–water partition coefficient (Wildman–Crippen LogP) is 0.0879. The molecule has 0 spiro atoms. The first-order chi connectivity index (χ1) is 6.13. The van der Waals surface area contributed by atoms with Gasteiger partial charge in [-0.05, 0) is 0 Å². The van der Waals surface area contributed by atoms with Gasteiger partial charge in [-0.1, -0.05) is 0 Å². The van der Waals surface area contributed by atoms with Crippen LogP contribution < -0.4 is 5.32 Å². The highest BCUT2D eigenvalue weighted by molar-refractivity contribution is 6.28. The van der Waals surface area contributed by atoms with E-state index in [2.05, 4.69) is 5.32 Å². The number of hydrogen-bond donors (Lipinski definition) is 1. The maximum atomic E-state index is 11.1. The lowest BCUT2D eigenvalue weighted by atomic mass is 10.1. The maximum absolute atomic E-state index is 11.1. The van der Waals surface area contributed by atoms with Crippen LogP contribution in [-0.2, 0) is 14.3 Å². The van der Waals surface area contributed by atoms with Crippen molar-refractivity contribution in [2.24, 2.45) is 0 Å². The molecule has 74 valence electrons. The number of alkyl halides is 1. The summed E-state index contributed by atoms with van der Waals surface area (Å²) in [6, 6.07) is -0.248. The molecule has 1 aliphatic rings. The van der Waals surface area contributed by atoms with Crippen LogP contribution in [0.5, 0.6) is 0 Å². The van der Waals surface area contributed by atoms with E-state index >= 15 is 0 Å². The molecule has 13 heavy (non-hydrogen) atoms. The Morgan fingerprint density at radius 1 is 1.62 bits per heavy atom. The van der Waals surface area contributed by atoms with Crippen LogP contribution in [0.4, 0.5) is 0 Å². The molecule has 5 heteroatoms. The van der Waals surface area contributed by atoms with E-state index in [0.29, 0.717) is 13.0 Å². The second kappa shape index (κ2) is 4.58. The fourth-order valence-corrected chi connectivity index (χ4v) is 1.55. The third kappa shape index (κ3) is 2.97. The van der Waals surface area contributed by atoms with Gasteiger partial charge >= 0.3 is 5.97 Å². The first-order valence-corrected chi connectivity index (χ1v) is 4.66. The number of Topliss-reactive ketones (excluding diaryl/α,β-unsaturated/α-hetero) is 1. The van der Waals surface area contributed by atoms with Crippen molar-refractivity contribution >= 4 is 23.4 Å². The molecule has 0 radical (unpaired) electrons. The Hall–Kier alpha value is -0.610. The Labute approximate surface area is 81.6 Å². The molecule has 1 saturated heterocycles. The smallest absolute Gasteiger partial charge is 0.302 e. The van der Waals surface area contributed by atoms with Crippen molar-refractivity contribution in [3.8, 4) is 0 Å². The molecular formula is C8H12ClNO3. The number of rotatable bonds is 3. The third-order valence-electron chi connectivity index (χ3n) is 1.94. The number of ketones is 1. The Bertz CT molecular complexity index is 219. The number of nitrogens with one attached hydrogen (secondary N) is 1. The van der Waals surface area contributed by atoms with E-state index in [0.717, 1.165) is 0 Å². The van der Waals surface area contributed by atoms with Crippen LogP contribution >= 0.6 is 11.6 Å². The number of esters is 1. The Balaban J connectivity index is 2.36. The lowest BCUT2D eigenvalue weighted by Gasteiger charge is -2.08. The summed E-state index contributed by atoms with van der Waals surface area (Å²) in [5.41, 5.74) is 0. The lowest BCUT2D eigenvalue weighted by Crippen LogP contribution is -2.31. The van der Waals surface area contributed by atoms with Crippen LogP contribution in [0.3, 0.4) is 0 Å². The van der Waals surface area contributed by atoms with Crippen molar-refractivity contribution in [1.82, 2.24) is 5.32 Å². The van der Waals surface area contributed by atoms with Crippen LogP contribution in [0.15, 0.2) is 0 Å². The molecule has 0 bridgehead atoms. The predicted molar refractivity (Wildman–Crippen MR) is 47.7 cm³/mol. The minimum absolute atomic E-state index is 0.00442. The average Bonchev–Trinajstić information content (AvgIpc) is 2.50. The molecule has 0 aromatic carbocycles. The number of ether oxygens (including phenoxy) is 1. The second-order valence-corrected chi connectivity index (χ2v) is 3.30. The van der Waals surface area contributed by atoms with E-state index in [9.17, 15) is 9.59 Å². The first kappa shape index (κ1) is 10.5. The van der Waals surface area contributed by atoms with E-state index in [4.69, 9.17) is 16.3 Å². The number of halogens is 1. The monoisotopic (exact) mass is 205 g/mol. The van der Waals surface area contributed by atoms with Gasteiger partial charge in [0.1, 0.15) is 6.10 Å². The van der Waals surface area contributed by atoms with Crippen molar-refractivity contribution in [1.29, 1.82) is 0 Å². The number of carbonyl (C=O) groups is 2. The number of hydrogen-bond acceptors (Lipinski definition) is 4. The molecule has 1 fully saturated rings. The molecule has 1 aliphatic heterocycles. The topological polar surface area (TPSA) is 55.4 Å². The minimum Gasteiger partial charge on any atom is -0.461 e. The van der Waals surface area contributed by atoms with E-state index < -0.39 is 0 Å². The minimum atomic E-state index is -0.314. The zero-order valence-corrected chi connectivity index (χ0v) is 8.13. The molecule has 1 heterocycles. The molecule has 0 saturated carbocycles. The summed E-state index contributed by atoms with van der Waals surface area (Å²) >= 11 is 5.39. The molecule has 1 unspecified atom stereocenters. The highest BCUT2D eigenvalue weighted by Crippen LogP contribution is 2.11. The van der Waals surface area contributed by atoms with Crippen molar-refractivity contribution in [3.63, 3.8) is 0 Å². The van der Waals surface area contributed by atoms with E-state index in [1.165, 1.54) is 6.92 Å². The fraction of sp³-hybridized carbons (Fsp3) is 0.750. The molecule has 0 aliphatic carbocycles. The SMILES string of the molecule is CC(=O)O[C@H]1CNC(C(=O)CCl)C1. The molecule has 1 N–H and O–H groups in total. The van der Waals surface area contributed by atoms with Crippen LogP contribution in [0.1, 0.15) is 13.3 Å². The lowest BCUT2D eigenvalue weighted by molar-refractivity contribution is -0.145. The quantitative estimate of drug-likeness (QED) is 0.524. The van der Waals surface area contributed by atoms with Gasteiger partial charge in [-0.15, -0.1) is 11.6 Å². The van der Waals surface area contributed by atoms with E-state index in [-0.39, 0.29) is 29.8 Å². The summed E-state index contributed by atoms with van der Waals surface area (Å²) < 4.78 is 4.94. The van der Waals surface area contributed by atoms with Crippen LogP contribution in [0.2, 0.25) is 0 Å². The van der Waals surface area contributed by atoms with Gasteiger partial charge in [-0.3, -0.25) is 9.59 Å². The standard InChI is InChI=1S/C8H12ClNO3/c1-5(11)13-6-2-7(10-4-6)8(12)3-9/h6-7,10H,2-4H2,1H3/t6-,7?/m1/s1. The number of carbonyl (C=O) groups excluding carboxylic acids is 2. The zero-order valence-electron chi connectivity index (χ0n) is 7.38. The average molecular weight is 206 g/mol. The molecule has 4 nitrogen and oxygen atoms in total. The second-order valence-electron chi connectivity index (χ2n) is 3.03. The summed E-state index contributed by atoms with van der Waals surface area (Å²) in [6.07, 6.45) is 0.347. The van der Waals surface area contributed by atoms with Crippen molar-refractivity contribution in [3.05, 3.63) is 0 Å². The molecule has 0 aromatic rings. The van der Waals surface area contributed by atoms with Gasteiger partial charge in [-0.2, -0.15) is 0 Å². The Morgan fingerprint density at radius 3 is 2.85 bits per heavy atom. The molecule has 2 atom stereocenters. The van der Waals surface area contributed by atoms with Gasteiger partial charge in [-0.25, -0.2) is 0 Å². The van der Waals surface area contributed by atoms with Crippen molar-refractivity contribution < 1.29 is 14.3 Å². The molecule has 1 rings (SSSR count).